The monoisotopic (exact) mass is 310 g/mol. The van der Waals surface area contributed by atoms with E-state index in [2.05, 4.69) is 10.1 Å². The van der Waals surface area contributed by atoms with Gasteiger partial charge in [0.1, 0.15) is 5.75 Å². The predicted octanol–water partition coefficient (Wildman–Crippen LogP) is 3.66. The number of carbonyl (C=O) groups is 1. The Labute approximate surface area is 126 Å². The van der Waals surface area contributed by atoms with Crippen molar-refractivity contribution < 1.29 is 19.2 Å². The van der Waals surface area contributed by atoms with Gasteiger partial charge in [-0.05, 0) is 12.0 Å². The smallest absolute Gasteiger partial charge is 0.349 e. The number of rotatable bonds is 6. The van der Waals surface area contributed by atoms with E-state index in [9.17, 15) is 9.90 Å². The van der Waals surface area contributed by atoms with Crippen molar-refractivity contribution in [3.05, 3.63) is 27.5 Å². The second-order valence-electron chi connectivity index (χ2n) is 5.29. The Morgan fingerprint density at radius 2 is 2.10 bits per heavy atom. The van der Waals surface area contributed by atoms with Crippen LogP contribution in [0.2, 0.25) is 0 Å². The number of aromatic nitrogens is 2. The summed E-state index contributed by atoms with van der Waals surface area (Å²) in [6.45, 7) is 8.01. The molecule has 21 heavy (non-hydrogen) atoms. The Kier molecular flexibility index (Phi) is 4.62. The molecule has 0 saturated carbocycles. The molecule has 114 valence electrons. The molecule has 0 saturated heterocycles. The molecule has 0 spiro atoms. The van der Waals surface area contributed by atoms with Crippen molar-refractivity contribution in [2.75, 3.05) is 0 Å². The second-order valence-corrected chi connectivity index (χ2v) is 6.38. The maximum absolute atomic E-state index is 11.2. The number of carboxylic acid groups (broad SMARTS) is 1. The summed E-state index contributed by atoms with van der Waals surface area (Å²) in [6, 6.07) is 1.76. The predicted molar refractivity (Wildman–Crippen MR) is 78.1 cm³/mol. The molecule has 0 atom stereocenters. The summed E-state index contributed by atoms with van der Waals surface area (Å²) in [5.41, 5.74) is 0. The van der Waals surface area contributed by atoms with E-state index in [0.717, 1.165) is 4.88 Å². The van der Waals surface area contributed by atoms with Gasteiger partial charge in [-0.25, -0.2) is 4.79 Å². The van der Waals surface area contributed by atoms with Crippen LogP contribution in [0.1, 0.15) is 65.8 Å². The lowest BCUT2D eigenvalue weighted by Gasteiger charge is -2.01. The minimum absolute atomic E-state index is 0.0638. The van der Waals surface area contributed by atoms with Crippen LogP contribution in [-0.4, -0.2) is 21.2 Å². The molecule has 1 N–H and O–H groups in total. The van der Waals surface area contributed by atoms with Crippen LogP contribution in [0, 0.1) is 0 Å². The first-order valence-electron chi connectivity index (χ1n) is 6.70. The molecular formula is C14H18N2O4S. The first-order valence-corrected chi connectivity index (χ1v) is 7.52. The van der Waals surface area contributed by atoms with Crippen molar-refractivity contribution in [1.82, 2.24) is 10.1 Å². The molecule has 6 nitrogen and oxygen atoms in total. The van der Waals surface area contributed by atoms with Gasteiger partial charge in [-0.15, -0.1) is 11.3 Å². The minimum atomic E-state index is -0.990. The molecular weight excluding hydrogens is 292 g/mol. The Hall–Kier alpha value is -1.89. The van der Waals surface area contributed by atoms with Gasteiger partial charge in [0.2, 0.25) is 0 Å². The molecule has 0 amide bonds. The van der Waals surface area contributed by atoms with Crippen LogP contribution in [0.4, 0.5) is 0 Å². The average Bonchev–Trinajstić information content (AvgIpc) is 3.03. The SMILES string of the molecule is CC(C)c1noc(COc2cc(C(C)C)sc2C(=O)O)n1. The summed E-state index contributed by atoms with van der Waals surface area (Å²) in [6.07, 6.45) is 0. The van der Waals surface area contributed by atoms with Gasteiger partial charge in [0.25, 0.3) is 5.89 Å². The fraction of sp³-hybridized carbons (Fsp3) is 0.500. The molecule has 0 unspecified atom stereocenters. The summed E-state index contributed by atoms with van der Waals surface area (Å²) >= 11 is 1.23. The van der Waals surface area contributed by atoms with E-state index in [-0.39, 0.29) is 23.3 Å². The molecule has 2 aromatic rings. The van der Waals surface area contributed by atoms with Crippen molar-refractivity contribution in [2.24, 2.45) is 0 Å². The van der Waals surface area contributed by atoms with Crippen LogP contribution >= 0.6 is 11.3 Å². The standard InChI is InChI=1S/C14H18N2O4S/c1-7(2)10-5-9(12(21-10)14(17)18)19-6-11-15-13(8(3)4)16-20-11/h5,7-8H,6H2,1-4H3,(H,17,18). The molecule has 2 heterocycles. The fourth-order valence-electron chi connectivity index (χ4n) is 1.63. The number of ether oxygens (including phenoxy) is 1. The van der Waals surface area contributed by atoms with Gasteiger partial charge in [-0.2, -0.15) is 4.98 Å². The Morgan fingerprint density at radius 3 is 2.62 bits per heavy atom. The van der Waals surface area contributed by atoms with E-state index in [1.54, 1.807) is 6.07 Å². The van der Waals surface area contributed by atoms with E-state index in [0.29, 0.717) is 17.5 Å². The van der Waals surface area contributed by atoms with Crippen LogP contribution in [0.15, 0.2) is 10.6 Å². The first-order chi connectivity index (χ1) is 9.88. The molecule has 0 radical (unpaired) electrons. The molecule has 0 fully saturated rings. The highest BCUT2D eigenvalue weighted by Crippen LogP contribution is 2.34. The van der Waals surface area contributed by atoms with E-state index in [4.69, 9.17) is 9.26 Å². The number of aromatic carboxylic acids is 1. The molecule has 0 bridgehead atoms. The maximum atomic E-state index is 11.2. The van der Waals surface area contributed by atoms with Crippen LogP contribution in [0.3, 0.4) is 0 Å². The zero-order chi connectivity index (χ0) is 15.6. The van der Waals surface area contributed by atoms with Crippen LogP contribution in [-0.2, 0) is 6.61 Å². The van der Waals surface area contributed by atoms with E-state index in [1.807, 2.05) is 27.7 Å². The van der Waals surface area contributed by atoms with Gasteiger partial charge in [0.15, 0.2) is 17.3 Å². The van der Waals surface area contributed by atoms with Gasteiger partial charge in [-0.1, -0.05) is 32.9 Å². The van der Waals surface area contributed by atoms with Crippen molar-refractivity contribution in [1.29, 1.82) is 0 Å². The molecule has 7 heteroatoms. The summed E-state index contributed by atoms with van der Waals surface area (Å²) in [5.74, 6) is 0.732. The van der Waals surface area contributed by atoms with Gasteiger partial charge < -0.3 is 14.4 Å². The minimum Gasteiger partial charge on any atom is -0.482 e. The van der Waals surface area contributed by atoms with Crippen molar-refractivity contribution in [3.63, 3.8) is 0 Å². The van der Waals surface area contributed by atoms with Crippen LogP contribution in [0.25, 0.3) is 0 Å². The van der Waals surface area contributed by atoms with Gasteiger partial charge in [0, 0.05) is 10.8 Å². The molecule has 0 aliphatic rings. The summed E-state index contributed by atoms with van der Waals surface area (Å²) in [7, 11) is 0. The summed E-state index contributed by atoms with van der Waals surface area (Å²) in [4.78, 5) is 16.6. The lowest BCUT2D eigenvalue weighted by atomic mass is 10.2. The van der Waals surface area contributed by atoms with E-state index < -0.39 is 5.97 Å². The Balaban J connectivity index is 2.13. The summed E-state index contributed by atoms with van der Waals surface area (Å²) < 4.78 is 10.6. The highest BCUT2D eigenvalue weighted by Gasteiger charge is 2.19. The van der Waals surface area contributed by atoms with Gasteiger partial charge in [-0.3, -0.25) is 0 Å². The molecule has 0 aliphatic carbocycles. The van der Waals surface area contributed by atoms with Gasteiger partial charge >= 0.3 is 5.97 Å². The number of carboxylic acids is 1. The molecule has 0 aromatic carbocycles. The largest absolute Gasteiger partial charge is 0.482 e. The summed E-state index contributed by atoms with van der Waals surface area (Å²) in [5, 5.41) is 13.1. The van der Waals surface area contributed by atoms with E-state index >= 15 is 0 Å². The van der Waals surface area contributed by atoms with Crippen molar-refractivity contribution in [3.8, 4) is 5.75 Å². The fourth-order valence-corrected chi connectivity index (χ4v) is 2.58. The number of thiophene rings is 1. The number of hydrogen-bond acceptors (Lipinski definition) is 6. The third-order valence-electron chi connectivity index (χ3n) is 2.83. The lowest BCUT2D eigenvalue weighted by Crippen LogP contribution is -2.00. The van der Waals surface area contributed by atoms with E-state index in [1.165, 1.54) is 11.3 Å². The average molecular weight is 310 g/mol. The van der Waals surface area contributed by atoms with Crippen LogP contribution < -0.4 is 4.74 Å². The topological polar surface area (TPSA) is 85.5 Å². The molecule has 2 aromatic heterocycles. The van der Waals surface area contributed by atoms with Crippen LogP contribution in [0.5, 0.6) is 5.75 Å². The van der Waals surface area contributed by atoms with Crippen molar-refractivity contribution in [2.45, 2.75) is 46.1 Å². The second kappa shape index (κ2) is 6.26. The van der Waals surface area contributed by atoms with Gasteiger partial charge in [0.05, 0.1) is 0 Å². The zero-order valence-electron chi connectivity index (χ0n) is 12.4. The first kappa shape index (κ1) is 15.5. The normalized spacial score (nSPS) is 11.3. The van der Waals surface area contributed by atoms with Crippen molar-refractivity contribution >= 4 is 17.3 Å². The Morgan fingerprint density at radius 1 is 1.38 bits per heavy atom. The number of nitrogens with zero attached hydrogens (tertiary/aromatic N) is 2. The molecule has 0 aliphatic heterocycles. The lowest BCUT2D eigenvalue weighted by molar-refractivity contribution is 0.0697. The zero-order valence-corrected chi connectivity index (χ0v) is 13.2. The number of hydrogen-bond donors (Lipinski definition) is 1. The maximum Gasteiger partial charge on any atom is 0.349 e. The highest BCUT2D eigenvalue weighted by molar-refractivity contribution is 7.14. The third-order valence-corrected chi connectivity index (χ3v) is 4.24. The third kappa shape index (κ3) is 3.60. The highest BCUT2D eigenvalue weighted by atomic mass is 32.1. The molecule has 2 rings (SSSR count). The Bertz CT molecular complexity index is 631. The quantitative estimate of drug-likeness (QED) is 0.876.